The number of hydrogen-bond acceptors (Lipinski definition) is 2. The van der Waals surface area contributed by atoms with Crippen LogP contribution < -0.4 is 4.72 Å². The Balaban J connectivity index is 2.45. The number of benzene rings is 1. The molecule has 0 fully saturated rings. The number of hydrogen-bond donors (Lipinski definition) is 1. The van der Waals surface area contributed by atoms with Gasteiger partial charge in [0.1, 0.15) is 4.66 Å². The Labute approximate surface area is 103 Å². The maximum atomic E-state index is 11.1. The molecule has 0 heterocycles. The van der Waals surface area contributed by atoms with Crippen LogP contribution >= 0.6 is 27.5 Å². The molecule has 3 nitrogen and oxygen atoms in total. The second kappa shape index (κ2) is 5.84. The molecular weight excluding hydrogens is 302 g/mol. The van der Waals surface area contributed by atoms with E-state index in [0.717, 1.165) is 5.56 Å². The summed E-state index contributed by atoms with van der Waals surface area (Å²) in [6.45, 7) is 0.383. The molecule has 84 valence electrons. The van der Waals surface area contributed by atoms with Crippen molar-refractivity contribution in [3.63, 3.8) is 0 Å². The highest BCUT2D eigenvalue weighted by Crippen LogP contribution is 2.10. The van der Waals surface area contributed by atoms with Crippen LogP contribution in [-0.2, 0) is 16.4 Å². The van der Waals surface area contributed by atoms with Gasteiger partial charge in [-0.2, -0.15) is 0 Å². The molecule has 0 aromatic heterocycles. The normalized spacial score (nSPS) is 11.6. The molecule has 0 amide bonds. The zero-order valence-electron chi connectivity index (χ0n) is 7.91. The van der Waals surface area contributed by atoms with Crippen molar-refractivity contribution < 1.29 is 8.42 Å². The molecule has 0 bridgehead atoms. The number of nitrogens with one attached hydrogen (secondary N) is 1. The average Bonchev–Trinajstić information content (AvgIpc) is 2.18. The maximum Gasteiger partial charge on any atom is 0.221 e. The molecule has 1 N–H and O–H groups in total. The first-order valence-electron chi connectivity index (χ1n) is 4.31. The van der Waals surface area contributed by atoms with Gasteiger partial charge < -0.3 is 0 Å². The summed E-state index contributed by atoms with van der Waals surface area (Å²) in [5.74, 6) is 0. The van der Waals surface area contributed by atoms with E-state index in [1.807, 2.05) is 18.2 Å². The summed E-state index contributed by atoms with van der Waals surface area (Å²) in [6.07, 6.45) is 0.632. The second-order valence-corrected chi connectivity index (χ2v) is 6.54. The molecule has 0 radical (unpaired) electrons. The number of sulfonamides is 1. The lowest BCUT2D eigenvalue weighted by molar-refractivity contribution is 0.587. The second-order valence-electron chi connectivity index (χ2n) is 3.00. The fourth-order valence-electron chi connectivity index (χ4n) is 1.08. The van der Waals surface area contributed by atoms with Gasteiger partial charge in [-0.15, -0.1) is 0 Å². The fourth-order valence-corrected chi connectivity index (χ4v) is 2.27. The van der Waals surface area contributed by atoms with Gasteiger partial charge in [-0.3, -0.25) is 0 Å². The SMILES string of the molecule is O=S(=O)(CBr)NCCc1cccc(Cl)c1. The lowest BCUT2D eigenvalue weighted by atomic mass is 10.2. The number of rotatable bonds is 5. The van der Waals surface area contributed by atoms with Gasteiger partial charge in [0, 0.05) is 11.6 Å². The van der Waals surface area contributed by atoms with Gasteiger partial charge in [0.15, 0.2) is 0 Å². The Morgan fingerprint density at radius 2 is 2.13 bits per heavy atom. The van der Waals surface area contributed by atoms with Gasteiger partial charge in [0.05, 0.1) is 0 Å². The molecule has 0 spiro atoms. The van der Waals surface area contributed by atoms with E-state index >= 15 is 0 Å². The molecule has 0 aliphatic heterocycles. The third kappa shape index (κ3) is 4.97. The Morgan fingerprint density at radius 3 is 2.73 bits per heavy atom. The van der Waals surface area contributed by atoms with Crippen LogP contribution in [0.5, 0.6) is 0 Å². The molecule has 0 atom stereocenters. The van der Waals surface area contributed by atoms with E-state index in [2.05, 4.69) is 20.7 Å². The van der Waals surface area contributed by atoms with E-state index in [-0.39, 0.29) is 4.66 Å². The summed E-state index contributed by atoms with van der Waals surface area (Å²) in [4.78, 5) is 0. The largest absolute Gasteiger partial charge is 0.221 e. The molecule has 0 saturated heterocycles. The van der Waals surface area contributed by atoms with Crippen LogP contribution in [0, 0.1) is 0 Å². The first-order chi connectivity index (χ1) is 7.03. The van der Waals surface area contributed by atoms with Crippen molar-refractivity contribution in [3.8, 4) is 0 Å². The summed E-state index contributed by atoms with van der Waals surface area (Å²) in [5, 5.41) is 0.663. The molecule has 15 heavy (non-hydrogen) atoms. The Hall–Kier alpha value is -0.100. The topological polar surface area (TPSA) is 46.2 Å². The van der Waals surface area contributed by atoms with Crippen molar-refractivity contribution >= 4 is 37.6 Å². The van der Waals surface area contributed by atoms with Crippen LogP contribution in [0.25, 0.3) is 0 Å². The van der Waals surface area contributed by atoms with Crippen molar-refractivity contribution in [3.05, 3.63) is 34.9 Å². The summed E-state index contributed by atoms with van der Waals surface area (Å²) in [6, 6.07) is 7.36. The number of alkyl halides is 1. The Bertz CT molecular complexity index is 422. The van der Waals surface area contributed by atoms with E-state index in [0.29, 0.717) is 18.0 Å². The van der Waals surface area contributed by atoms with Crippen LogP contribution in [0.2, 0.25) is 5.02 Å². The minimum Gasteiger partial charge on any atom is -0.214 e. The van der Waals surface area contributed by atoms with Gasteiger partial charge in [-0.05, 0) is 24.1 Å². The summed E-state index contributed by atoms with van der Waals surface area (Å²) < 4.78 is 24.5. The zero-order valence-corrected chi connectivity index (χ0v) is 11.1. The summed E-state index contributed by atoms with van der Waals surface area (Å²) in [7, 11) is -3.17. The Morgan fingerprint density at radius 1 is 1.40 bits per heavy atom. The molecular formula is C9H11BrClNO2S. The maximum absolute atomic E-state index is 11.1. The highest BCUT2D eigenvalue weighted by molar-refractivity contribution is 9.10. The molecule has 1 aromatic rings. The van der Waals surface area contributed by atoms with Crippen molar-refractivity contribution in [2.45, 2.75) is 6.42 Å². The lowest BCUT2D eigenvalue weighted by Gasteiger charge is -2.04. The van der Waals surface area contributed by atoms with E-state index in [9.17, 15) is 8.42 Å². The predicted octanol–water partition coefficient (Wildman–Crippen LogP) is 2.15. The van der Waals surface area contributed by atoms with Crippen LogP contribution in [0.1, 0.15) is 5.56 Å². The van der Waals surface area contributed by atoms with Gasteiger partial charge in [0.25, 0.3) is 0 Å². The average molecular weight is 313 g/mol. The minimum absolute atomic E-state index is 0.0739. The third-order valence-corrected chi connectivity index (χ3v) is 4.74. The van der Waals surface area contributed by atoms with E-state index < -0.39 is 10.0 Å². The van der Waals surface area contributed by atoms with E-state index in [4.69, 9.17) is 11.6 Å². The molecule has 0 saturated carbocycles. The van der Waals surface area contributed by atoms with Crippen LogP contribution in [0.3, 0.4) is 0 Å². The van der Waals surface area contributed by atoms with Crippen molar-refractivity contribution in [2.75, 3.05) is 11.2 Å². The molecule has 0 aliphatic carbocycles. The zero-order chi connectivity index (χ0) is 11.3. The smallest absolute Gasteiger partial charge is 0.214 e. The molecule has 6 heteroatoms. The quantitative estimate of drug-likeness (QED) is 0.847. The molecule has 1 rings (SSSR count). The first kappa shape index (κ1) is 13.0. The van der Waals surface area contributed by atoms with Gasteiger partial charge in [0.2, 0.25) is 10.0 Å². The third-order valence-electron chi connectivity index (χ3n) is 1.77. The predicted molar refractivity (Wildman–Crippen MR) is 65.9 cm³/mol. The van der Waals surface area contributed by atoms with Crippen LogP contribution in [-0.4, -0.2) is 19.6 Å². The van der Waals surface area contributed by atoms with Gasteiger partial charge >= 0.3 is 0 Å². The number of halogens is 2. The van der Waals surface area contributed by atoms with Crippen molar-refractivity contribution in [1.82, 2.24) is 4.72 Å². The molecule has 0 aliphatic rings. The van der Waals surface area contributed by atoms with Gasteiger partial charge in [-0.1, -0.05) is 39.7 Å². The van der Waals surface area contributed by atoms with Crippen molar-refractivity contribution in [2.24, 2.45) is 0 Å². The highest BCUT2D eigenvalue weighted by Gasteiger charge is 2.05. The van der Waals surface area contributed by atoms with Gasteiger partial charge in [-0.25, -0.2) is 13.1 Å². The summed E-state index contributed by atoms with van der Waals surface area (Å²) >= 11 is 8.69. The lowest BCUT2D eigenvalue weighted by Crippen LogP contribution is -2.26. The fraction of sp³-hybridized carbons (Fsp3) is 0.333. The first-order valence-corrected chi connectivity index (χ1v) is 7.46. The molecule has 1 aromatic carbocycles. The van der Waals surface area contributed by atoms with Crippen LogP contribution in [0.15, 0.2) is 24.3 Å². The molecule has 0 unspecified atom stereocenters. The monoisotopic (exact) mass is 311 g/mol. The van der Waals surface area contributed by atoms with E-state index in [1.54, 1.807) is 6.07 Å². The van der Waals surface area contributed by atoms with E-state index in [1.165, 1.54) is 0 Å². The minimum atomic E-state index is -3.17. The standard InChI is InChI=1S/C9H11BrClNO2S/c10-7-15(13,14)12-5-4-8-2-1-3-9(11)6-8/h1-3,6,12H,4-5,7H2. The van der Waals surface area contributed by atoms with Crippen LogP contribution in [0.4, 0.5) is 0 Å². The Kier molecular flexibility index (Phi) is 5.05. The van der Waals surface area contributed by atoms with Crippen molar-refractivity contribution in [1.29, 1.82) is 0 Å². The highest BCUT2D eigenvalue weighted by atomic mass is 79.9. The summed E-state index contributed by atoms with van der Waals surface area (Å²) in [5.41, 5.74) is 1.01.